The molecule has 1 aliphatic heterocycles. The Kier molecular flexibility index (Phi) is 4.89. The molecule has 2 heterocycles. The van der Waals surface area contributed by atoms with Crippen LogP contribution in [0.15, 0.2) is 29.0 Å². The number of hydrogen-bond acceptors (Lipinski definition) is 2. The summed E-state index contributed by atoms with van der Waals surface area (Å²) in [6, 6.07) is 0. The normalized spacial score (nSPS) is 19.8. The first kappa shape index (κ1) is 16.8. The summed E-state index contributed by atoms with van der Waals surface area (Å²) in [7, 11) is 0. The van der Waals surface area contributed by atoms with Gasteiger partial charge in [0.15, 0.2) is 0 Å². The van der Waals surface area contributed by atoms with E-state index in [9.17, 15) is 9.59 Å². The highest BCUT2D eigenvalue weighted by Crippen LogP contribution is 2.29. The number of carbonyl (C=O) groups is 2. The van der Waals surface area contributed by atoms with E-state index in [-0.39, 0.29) is 12.3 Å². The number of aromatic amines is 1. The van der Waals surface area contributed by atoms with Crippen molar-refractivity contribution in [1.82, 2.24) is 10.3 Å². The first-order valence-electron chi connectivity index (χ1n) is 7.65. The Morgan fingerprint density at radius 3 is 2.43 bits per heavy atom. The molecule has 0 aromatic carbocycles. The van der Waals surface area contributed by atoms with Gasteiger partial charge in [0.1, 0.15) is 0 Å². The van der Waals surface area contributed by atoms with Gasteiger partial charge in [-0.2, -0.15) is 0 Å². The average Bonchev–Trinajstić information content (AvgIpc) is 2.95. The number of hydrogen-bond donors (Lipinski definition) is 3. The molecule has 1 aromatic heterocycles. The van der Waals surface area contributed by atoms with Crippen LogP contribution in [-0.4, -0.2) is 22.0 Å². The zero-order valence-corrected chi connectivity index (χ0v) is 13.9. The fourth-order valence-corrected chi connectivity index (χ4v) is 2.92. The zero-order valence-electron chi connectivity index (χ0n) is 13.9. The van der Waals surface area contributed by atoms with E-state index in [1.807, 2.05) is 45.9 Å². The van der Waals surface area contributed by atoms with Gasteiger partial charge in [-0.05, 0) is 51.3 Å². The topological polar surface area (TPSA) is 82.2 Å². The number of carbonyl (C=O) groups excluding carboxylic acids is 1. The van der Waals surface area contributed by atoms with Crippen molar-refractivity contribution < 1.29 is 14.7 Å². The van der Waals surface area contributed by atoms with E-state index in [0.717, 1.165) is 33.8 Å². The molecule has 0 atom stereocenters. The molecule has 0 aliphatic carbocycles. The molecule has 0 radical (unpaired) electrons. The summed E-state index contributed by atoms with van der Waals surface area (Å²) in [5.41, 5.74) is 6.12. The van der Waals surface area contributed by atoms with Crippen LogP contribution in [0.3, 0.4) is 0 Å². The molecular formula is C18H22N2O3. The number of allylic oxidation sites excluding steroid dienone is 3. The smallest absolute Gasteiger partial charge is 0.303 e. The van der Waals surface area contributed by atoms with E-state index in [2.05, 4.69) is 10.3 Å². The molecule has 1 amide bonds. The third-order valence-electron chi connectivity index (χ3n) is 4.16. The zero-order chi connectivity index (χ0) is 17.1. The lowest BCUT2D eigenvalue weighted by Crippen LogP contribution is -2.13. The number of H-pyrrole nitrogens is 1. The molecule has 23 heavy (non-hydrogen) atoms. The minimum Gasteiger partial charge on any atom is -0.481 e. The number of aryl methyl sites for hydroxylation is 1. The largest absolute Gasteiger partial charge is 0.481 e. The van der Waals surface area contributed by atoms with Crippen LogP contribution in [0.5, 0.6) is 0 Å². The van der Waals surface area contributed by atoms with Gasteiger partial charge in [-0.15, -0.1) is 0 Å². The fourth-order valence-electron chi connectivity index (χ4n) is 2.92. The predicted molar refractivity (Wildman–Crippen MR) is 89.9 cm³/mol. The molecule has 1 aliphatic rings. The van der Waals surface area contributed by atoms with E-state index in [1.54, 1.807) is 0 Å². The van der Waals surface area contributed by atoms with Crippen molar-refractivity contribution >= 4 is 18.0 Å². The standard InChI is InChI=1S/C18H22N2O3/c1-5-12-14(18(23)20-15(12)6-2)9-16-10(3)13(11(4)19-16)7-8-17(21)22/h5-6,9,19H,7-8H2,1-4H3,(H,20,23)(H,21,22)/b12-5-,14-9-,15-6+. The summed E-state index contributed by atoms with van der Waals surface area (Å²) >= 11 is 0. The van der Waals surface area contributed by atoms with E-state index in [4.69, 9.17) is 5.11 Å². The van der Waals surface area contributed by atoms with Crippen molar-refractivity contribution in [3.63, 3.8) is 0 Å². The van der Waals surface area contributed by atoms with Crippen LogP contribution in [0, 0.1) is 13.8 Å². The fraction of sp³-hybridized carbons (Fsp3) is 0.333. The van der Waals surface area contributed by atoms with Gasteiger partial charge in [0.05, 0.1) is 5.57 Å². The quantitative estimate of drug-likeness (QED) is 0.747. The maximum Gasteiger partial charge on any atom is 0.303 e. The van der Waals surface area contributed by atoms with E-state index in [1.165, 1.54) is 0 Å². The van der Waals surface area contributed by atoms with Crippen LogP contribution in [-0.2, 0) is 16.0 Å². The monoisotopic (exact) mass is 314 g/mol. The minimum absolute atomic E-state index is 0.0961. The second kappa shape index (κ2) is 6.69. The SMILES string of the molecule is C/C=C1C(=C/c2[nH]c(C)c(CCC(=O)O)c2C)/C(=O)NC/1=C/C. The number of amides is 1. The average molecular weight is 314 g/mol. The lowest BCUT2D eigenvalue weighted by Gasteiger charge is -2.01. The van der Waals surface area contributed by atoms with Crippen LogP contribution >= 0.6 is 0 Å². The maximum absolute atomic E-state index is 12.2. The summed E-state index contributed by atoms with van der Waals surface area (Å²) < 4.78 is 0. The molecule has 0 bridgehead atoms. The molecule has 0 unspecified atom stereocenters. The second-order valence-corrected chi connectivity index (χ2v) is 5.58. The molecular weight excluding hydrogens is 292 g/mol. The van der Waals surface area contributed by atoms with Gasteiger partial charge in [0.2, 0.25) is 0 Å². The summed E-state index contributed by atoms with van der Waals surface area (Å²) in [6.45, 7) is 7.66. The number of carboxylic acid groups (broad SMARTS) is 1. The molecule has 3 N–H and O–H groups in total. The van der Waals surface area contributed by atoms with Crippen molar-refractivity contribution in [2.75, 3.05) is 0 Å². The lowest BCUT2D eigenvalue weighted by molar-refractivity contribution is -0.137. The first-order chi connectivity index (χ1) is 10.9. The third kappa shape index (κ3) is 3.28. The second-order valence-electron chi connectivity index (χ2n) is 5.58. The molecule has 2 rings (SSSR count). The summed E-state index contributed by atoms with van der Waals surface area (Å²) in [4.78, 5) is 26.2. The Balaban J connectivity index is 2.42. The molecule has 5 nitrogen and oxygen atoms in total. The Bertz CT molecular complexity index is 749. The highest BCUT2D eigenvalue weighted by atomic mass is 16.4. The molecule has 0 spiro atoms. The minimum atomic E-state index is -0.811. The highest BCUT2D eigenvalue weighted by molar-refractivity contribution is 6.08. The Hall–Kier alpha value is -2.56. The molecule has 1 fully saturated rings. The van der Waals surface area contributed by atoms with E-state index in [0.29, 0.717) is 12.0 Å². The van der Waals surface area contributed by atoms with E-state index >= 15 is 0 Å². The predicted octanol–water partition coefficient (Wildman–Crippen LogP) is 3.01. The van der Waals surface area contributed by atoms with Gasteiger partial charge < -0.3 is 15.4 Å². The van der Waals surface area contributed by atoms with Gasteiger partial charge in [-0.1, -0.05) is 12.2 Å². The summed E-state index contributed by atoms with van der Waals surface area (Å²) in [6.07, 6.45) is 6.21. The van der Waals surface area contributed by atoms with Gasteiger partial charge in [0, 0.05) is 29.1 Å². The summed E-state index contributed by atoms with van der Waals surface area (Å²) in [5.74, 6) is -0.932. The van der Waals surface area contributed by atoms with Gasteiger partial charge in [-0.25, -0.2) is 0 Å². The van der Waals surface area contributed by atoms with Gasteiger partial charge in [-0.3, -0.25) is 9.59 Å². The molecule has 5 heteroatoms. The van der Waals surface area contributed by atoms with Crippen molar-refractivity contribution in [2.24, 2.45) is 0 Å². The highest BCUT2D eigenvalue weighted by Gasteiger charge is 2.26. The Morgan fingerprint density at radius 2 is 1.87 bits per heavy atom. The number of rotatable bonds is 4. The first-order valence-corrected chi connectivity index (χ1v) is 7.65. The number of carboxylic acids is 1. The molecule has 1 saturated heterocycles. The van der Waals surface area contributed by atoms with Crippen molar-refractivity contribution in [1.29, 1.82) is 0 Å². The van der Waals surface area contributed by atoms with Crippen LogP contribution in [0.4, 0.5) is 0 Å². The van der Waals surface area contributed by atoms with Crippen LogP contribution in [0.25, 0.3) is 6.08 Å². The molecule has 0 saturated carbocycles. The number of aromatic nitrogens is 1. The van der Waals surface area contributed by atoms with Crippen molar-refractivity contribution in [3.8, 4) is 0 Å². The molecule has 1 aromatic rings. The van der Waals surface area contributed by atoms with Crippen LogP contribution in [0.1, 0.15) is 42.8 Å². The third-order valence-corrected chi connectivity index (χ3v) is 4.16. The van der Waals surface area contributed by atoms with Crippen LogP contribution < -0.4 is 5.32 Å². The molecule has 122 valence electrons. The Labute approximate surface area is 135 Å². The summed E-state index contributed by atoms with van der Waals surface area (Å²) in [5, 5.41) is 11.7. The number of aliphatic carboxylic acids is 1. The van der Waals surface area contributed by atoms with Crippen molar-refractivity contribution in [3.05, 3.63) is 51.5 Å². The van der Waals surface area contributed by atoms with Crippen LogP contribution in [0.2, 0.25) is 0 Å². The number of nitrogens with one attached hydrogen (secondary N) is 2. The van der Waals surface area contributed by atoms with E-state index < -0.39 is 5.97 Å². The Morgan fingerprint density at radius 1 is 1.17 bits per heavy atom. The van der Waals surface area contributed by atoms with Gasteiger partial charge in [0.25, 0.3) is 5.91 Å². The maximum atomic E-state index is 12.2. The van der Waals surface area contributed by atoms with Crippen molar-refractivity contribution in [2.45, 2.75) is 40.5 Å². The lowest BCUT2D eigenvalue weighted by atomic mass is 10.0. The van der Waals surface area contributed by atoms with Gasteiger partial charge >= 0.3 is 5.97 Å².